The maximum Gasteiger partial charge on any atom is 0.414 e. The number of carboxylic acid groups (broad SMARTS) is 1. The van der Waals surface area contributed by atoms with Crippen molar-refractivity contribution in [3.8, 4) is 0 Å². The second kappa shape index (κ2) is 11.8. The molecular formula is C32H33FN6O4. The third kappa shape index (κ3) is 5.43. The highest BCUT2D eigenvalue weighted by molar-refractivity contribution is 5.88. The van der Waals surface area contributed by atoms with E-state index in [1.807, 2.05) is 41.8 Å². The highest BCUT2D eigenvalue weighted by Crippen LogP contribution is 2.29. The summed E-state index contributed by atoms with van der Waals surface area (Å²) in [4.78, 5) is 47.2. The predicted molar refractivity (Wildman–Crippen MR) is 163 cm³/mol. The molecule has 3 aromatic carbocycles. The number of piperidine rings is 1. The van der Waals surface area contributed by atoms with Crippen LogP contribution < -0.4 is 16.1 Å². The van der Waals surface area contributed by atoms with Crippen molar-refractivity contribution in [3.63, 3.8) is 0 Å². The Labute approximate surface area is 246 Å². The zero-order chi connectivity index (χ0) is 30.1. The zero-order valence-electron chi connectivity index (χ0n) is 23.9. The molecule has 0 atom stereocenters. The minimum atomic E-state index is -1.09. The van der Waals surface area contributed by atoms with Gasteiger partial charge in [0, 0.05) is 38.8 Å². The van der Waals surface area contributed by atoms with Gasteiger partial charge in [-0.15, -0.1) is 0 Å². The smallest absolute Gasteiger partial charge is 0.414 e. The second-order valence-electron chi connectivity index (χ2n) is 10.8. The number of nitrogens with zero attached hydrogens (tertiary/aromatic N) is 6. The Bertz CT molecular complexity index is 1900. The largest absolute Gasteiger partial charge is 0.465 e. The summed E-state index contributed by atoms with van der Waals surface area (Å²) in [6.07, 6.45) is 0.0485. The molecule has 0 bridgehead atoms. The summed E-state index contributed by atoms with van der Waals surface area (Å²) in [7, 11) is 0. The number of fused-ring (bicyclic) bond motifs is 2. The number of rotatable bonds is 8. The number of hydrogen-bond donors (Lipinski definition) is 1. The average Bonchev–Trinajstić information content (AvgIpc) is 3.36. The molecule has 222 valence electrons. The number of amides is 1. The Kier molecular flexibility index (Phi) is 7.81. The van der Waals surface area contributed by atoms with Gasteiger partial charge >= 0.3 is 11.8 Å². The van der Waals surface area contributed by atoms with Crippen LogP contribution in [0.15, 0.2) is 82.4 Å². The Morgan fingerprint density at radius 2 is 1.58 bits per heavy atom. The number of anilines is 1. The first-order valence-electron chi connectivity index (χ1n) is 14.5. The SMILES string of the molecule is CCn1c(=O)n(CCN2CCC(N(C(=O)O)c3nc4ccccc4n3Cc3ccc(F)cc3)CC2)c(=O)c2ccccc21. The quantitative estimate of drug-likeness (QED) is 0.291. The minimum Gasteiger partial charge on any atom is -0.465 e. The van der Waals surface area contributed by atoms with E-state index in [2.05, 4.69) is 4.90 Å². The number of aromatic nitrogens is 4. The maximum atomic E-state index is 13.6. The summed E-state index contributed by atoms with van der Waals surface area (Å²) in [5.41, 5.74) is 2.33. The molecule has 0 unspecified atom stereocenters. The molecule has 5 aromatic rings. The van der Waals surface area contributed by atoms with Crippen LogP contribution in [0.1, 0.15) is 25.3 Å². The van der Waals surface area contributed by atoms with Crippen LogP contribution in [0.4, 0.5) is 15.1 Å². The summed E-state index contributed by atoms with van der Waals surface area (Å²) in [6, 6.07) is 20.5. The number of hydrogen-bond acceptors (Lipinski definition) is 5. The van der Waals surface area contributed by atoms with Crippen molar-refractivity contribution in [2.24, 2.45) is 0 Å². The molecule has 1 aliphatic rings. The lowest BCUT2D eigenvalue weighted by Gasteiger charge is -2.36. The molecule has 3 heterocycles. The van der Waals surface area contributed by atoms with Gasteiger partial charge in [0.2, 0.25) is 5.95 Å². The van der Waals surface area contributed by atoms with Gasteiger partial charge in [0.25, 0.3) is 5.56 Å². The van der Waals surface area contributed by atoms with Gasteiger partial charge in [-0.05, 0) is 61.7 Å². The number of carbonyl (C=O) groups is 1. The van der Waals surface area contributed by atoms with E-state index in [1.54, 1.807) is 34.9 Å². The van der Waals surface area contributed by atoms with Crippen LogP contribution >= 0.6 is 0 Å². The Hall–Kier alpha value is -4.77. The van der Waals surface area contributed by atoms with Gasteiger partial charge in [0.05, 0.1) is 28.5 Å². The van der Waals surface area contributed by atoms with Gasteiger partial charge in [0.1, 0.15) is 5.82 Å². The standard InChI is InChI=1S/C32H33FN6O4/c1-2-36-27-9-5-3-7-25(27)29(40)37(31(36)41)20-19-35-17-15-24(16-18-35)39(32(42)43)30-34-26-8-4-6-10-28(26)38(30)21-22-11-13-23(33)14-12-22/h3-14,24H,2,15-21H2,1H3,(H,42,43). The Balaban J connectivity index is 1.21. The molecule has 0 radical (unpaired) electrons. The first kappa shape index (κ1) is 28.4. The molecule has 11 heteroatoms. The molecule has 1 saturated heterocycles. The van der Waals surface area contributed by atoms with Crippen LogP contribution in [0.3, 0.4) is 0 Å². The fourth-order valence-electron chi connectivity index (χ4n) is 6.10. The van der Waals surface area contributed by atoms with Crippen LogP contribution in [0.2, 0.25) is 0 Å². The summed E-state index contributed by atoms with van der Waals surface area (Å²) >= 11 is 0. The van der Waals surface area contributed by atoms with E-state index in [0.29, 0.717) is 67.9 Å². The van der Waals surface area contributed by atoms with E-state index < -0.39 is 6.09 Å². The van der Waals surface area contributed by atoms with Gasteiger partial charge in [-0.3, -0.25) is 13.9 Å². The predicted octanol–water partition coefficient (Wildman–Crippen LogP) is 4.37. The molecule has 10 nitrogen and oxygen atoms in total. The molecule has 6 rings (SSSR count). The van der Waals surface area contributed by atoms with Crippen molar-refractivity contribution >= 4 is 34.0 Å². The van der Waals surface area contributed by atoms with E-state index in [9.17, 15) is 23.9 Å². The van der Waals surface area contributed by atoms with E-state index >= 15 is 0 Å². The number of imidazole rings is 1. The van der Waals surface area contributed by atoms with Gasteiger partial charge in [0.15, 0.2) is 0 Å². The lowest BCUT2D eigenvalue weighted by molar-refractivity contribution is 0.177. The maximum absolute atomic E-state index is 13.6. The molecule has 0 spiro atoms. The van der Waals surface area contributed by atoms with Gasteiger partial charge in [-0.2, -0.15) is 0 Å². The van der Waals surface area contributed by atoms with Crippen molar-refractivity contribution in [3.05, 3.63) is 105 Å². The second-order valence-corrected chi connectivity index (χ2v) is 10.8. The van der Waals surface area contributed by atoms with Crippen molar-refractivity contribution in [1.82, 2.24) is 23.6 Å². The van der Waals surface area contributed by atoms with E-state index in [0.717, 1.165) is 11.1 Å². The van der Waals surface area contributed by atoms with E-state index in [4.69, 9.17) is 4.98 Å². The van der Waals surface area contributed by atoms with Crippen molar-refractivity contribution in [1.29, 1.82) is 0 Å². The minimum absolute atomic E-state index is 0.253. The fraction of sp³-hybridized carbons (Fsp3) is 0.312. The monoisotopic (exact) mass is 584 g/mol. The summed E-state index contributed by atoms with van der Waals surface area (Å²) in [5, 5.41) is 10.9. The van der Waals surface area contributed by atoms with Crippen molar-refractivity contribution in [2.75, 3.05) is 24.5 Å². The van der Waals surface area contributed by atoms with Crippen LogP contribution in [0.5, 0.6) is 0 Å². The normalized spacial score (nSPS) is 14.5. The number of para-hydroxylation sites is 3. The van der Waals surface area contributed by atoms with Crippen LogP contribution in [-0.4, -0.2) is 60.5 Å². The molecule has 1 amide bonds. The fourth-order valence-corrected chi connectivity index (χ4v) is 6.10. The molecule has 43 heavy (non-hydrogen) atoms. The van der Waals surface area contributed by atoms with Gasteiger partial charge < -0.3 is 14.6 Å². The molecule has 2 aromatic heterocycles. The van der Waals surface area contributed by atoms with E-state index in [1.165, 1.54) is 21.6 Å². The Morgan fingerprint density at radius 1 is 0.907 bits per heavy atom. The zero-order valence-corrected chi connectivity index (χ0v) is 23.9. The number of halogens is 1. The third-order valence-electron chi connectivity index (χ3n) is 8.32. The lowest BCUT2D eigenvalue weighted by Crippen LogP contribution is -2.49. The van der Waals surface area contributed by atoms with Crippen LogP contribution in [-0.2, 0) is 19.6 Å². The average molecular weight is 585 g/mol. The summed E-state index contributed by atoms with van der Waals surface area (Å²) < 4.78 is 18.3. The van der Waals surface area contributed by atoms with Crippen LogP contribution in [0, 0.1) is 5.82 Å². The molecule has 0 saturated carbocycles. The van der Waals surface area contributed by atoms with Gasteiger partial charge in [-0.25, -0.2) is 23.9 Å². The van der Waals surface area contributed by atoms with Crippen molar-refractivity contribution < 1.29 is 14.3 Å². The molecular weight excluding hydrogens is 551 g/mol. The first-order valence-corrected chi connectivity index (χ1v) is 14.5. The summed E-state index contributed by atoms with van der Waals surface area (Å²) in [6.45, 7) is 4.66. The molecule has 1 N–H and O–H groups in total. The molecule has 1 aliphatic heterocycles. The number of likely N-dealkylation sites (tertiary alicyclic amines) is 1. The van der Waals surface area contributed by atoms with Gasteiger partial charge in [-0.1, -0.05) is 36.4 Å². The summed E-state index contributed by atoms with van der Waals surface area (Å²) in [5.74, 6) is -0.000725. The third-order valence-corrected chi connectivity index (χ3v) is 8.32. The lowest BCUT2D eigenvalue weighted by atomic mass is 10.0. The highest BCUT2D eigenvalue weighted by atomic mass is 19.1. The Morgan fingerprint density at radius 3 is 2.28 bits per heavy atom. The van der Waals surface area contributed by atoms with E-state index in [-0.39, 0.29) is 29.7 Å². The van der Waals surface area contributed by atoms with Crippen molar-refractivity contribution in [2.45, 2.75) is 45.4 Å². The number of benzene rings is 3. The highest BCUT2D eigenvalue weighted by Gasteiger charge is 2.33. The number of aryl methyl sites for hydroxylation is 1. The molecule has 1 fully saturated rings. The topological polar surface area (TPSA) is 106 Å². The first-order chi connectivity index (χ1) is 20.9. The molecule has 0 aliphatic carbocycles. The van der Waals surface area contributed by atoms with Crippen LogP contribution in [0.25, 0.3) is 21.9 Å².